The lowest BCUT2D eigenvalue weighted by Crippen LogP contribution is -2.34. The van der Waals surface area contributed by atoms with E-state index in [0.29, 0.717) is 12.2 Å². The van der Waals surface area contributed by atoms with Crippen molar-refractivity contribution in [2.45, 2.75) is 26.2 Å². The molecule has 2 aromatic rings. The van der Waals surface area contributed by atoms with Crippen LogP contribution in [0.25, 0.3) is 5.57 Å². The van der Waals surface area contributed by atoms with Gasteiger partial charge in [0.25, 0.3) is 0 Å². The van der Waals surface area contributed by atoms with Crippen molar-refractivity contribution in [2.24, 2.45) is 5.92 Å². The van der Waals surface area contributed by atoms with Gasteiger partial charge in [-0.2, -0.15) is 0 Å². The summed E-state index contributed by atoms with van der Waals surface area (Å²) in [6.07, 6.45) is 2.20. The number of hydrogen-bond acceptors (Lipinski definition) is 4. The van der Waals surface area contributed by atoms with Gasteiger partial charge in [-0.15, -0.1) is 0 Å². The fourth-order valence-electron chi connectivity index (χ4n) is 3.69. The number of ether oxygens (including phenoxy) is 2. The van der Waals surface area contributed by atoms with Crippen molar-refractivity contribution in [1.82, 2.24) is 0 Å². The van der Waals surface area contributed by atoms with Gasteiger partial charge in [0, 0.05) is 5.92 Å². The second-order valence-corrected chi connectivity index (χ2v) is 6.70. The second-order valence-electron chi connectivity index (χ2n) is 6.70. The molecule has 0 fully saturated rings. The fourth-order valence-corrected chi connectivity index (χ4v) is 3.69. The van der Waals surface area contributed by atoms with Crippen LogP contribution in [0.1, 0.15) is 36.0 Å². The molecule has 0 amide bonds. The first-order valence-electron chi connectivity index (χ1n) is 9.16. The highest BCUT2D eigenvalue weighted by Gasteiger charge is 2.40. The molecule has 0 bridgehead atoms. The predicted octanol–water partition coefficient (Wildman–Crippen LogP) is 4.32. The summed E-state index contributed by atoms with van der Waals surface area (Å²) in [7, 11) is 1.60. The molecule has 0 aliphatic heterocycles. The molecule has 2 aromatic carbocycles. The molecule has 1 aliphatic rings. The van der Waals surface area contributed by atoms with Gasteiger partial charge in [0.05, 0.1) is 13.7 Å². The minimum atomic E-state index is -0.829. The standard InChI is InChI=1S/C23H24O4/c1-4-27-23(25)22-20(16-9-7-10-18(12-16)26-3)13-17(14-21(22)24)19-11-6-5-8-15(19)2/h5-12,14,20,22H,4,13H2,1-3H3. The molecule has 0 radical (unpaired) electrons. The lowest BCUT2D eigenvalue weighted by Gasteiger charge is -2.30. The van der Waals surface area contributed by atoms with Gasteiger partial charge in [-0.1, -0.05) is 36.4 Å². The van der Waals surface area contributed by atoms with E-state index in [1.54, 1.807) is 20.1 Å². The number of allylic oxidation sites excluding steroid dienone is 2. The number of methoxy groups -OCH3 is 1. The maximum Gasteiger partial charge on any atom is 0.317 e. The van der Waals surface area contributed by atoms with E-state index in [2.05, 4.69) is 0 Å². The van der Waals surface area contributed by atoms with Gasteiger partial charge in [-0.3, -0.25) is 9.59 Å². The van der Waals surface area contributed by atoms with Crippen LogP contribution in [0.3, 0.4) is 0 Å². The van der Waals surface area contributed by atoms with Crippen LogP contribution in [-0.2, 0) is 14.3 Å². The van der Waals surface area contributed by atoms with E-state index < -0.39 is 11.9 Å². The molecule has 27 heavy (non-hydrogen) atoms. The van der Waals surface area contributed by atoms with E-state index in [4.69, 9.17) is 9.47 Å². The lowest BCUT2D eigenvalue weighted by molar-refractivity contribution is -0.151. The van der Waals surface area contributed by atoms with Crippen LogP contribution in [0.4, 0.5) is 0 Å². The molecule has 4 heteroatoms. The highest BCUT2D eigenvalue weighted by atomic mass is 16.5. The molecule has 0 heterocycles. The summed E-state index contributed by atoms with van der Waals surface area (Å²) < 4.78 is 10.5. The minimum Gasteiger partial charge on any atom is -0.497 e. The Balaban J connectivity index is 2.06. The number of carbonyl (C=O) groups is 2. The van der Waals surface area contributed by atoms with Crippen LogP contribution in [0.5, 0.6) is 5.75 Å². The molecule has 0 spiro atoms. The highest BCUT2D eigenvalue weighted by molar-refractivity contribution is 6.10. The molecule has 4 nitrogen and oxygen atoms in total. The van der Waals surface area contributed by atoms with Crippen LogP contribution in [-0.4, -0.2) is 25.5 Å². The number of rotatable bonds is 5. The van der Waals surface area contributed by atoms with Gasteiger partial charge in [0.2, 0.25) is 0 Å². The predicted molar refractivity (Wildman–Crippen MR) is 105 cm³/mol. The van der Waals surface area contributed by atoms with E-state index >= 15 is 0 Å². The fraction of sp³-hybridized carbons (Fsp3) is 0.304. The summed E-state index contributed by atoms with van der Waals surface area (Å²) in [6.45, 7) is 4.03. The van der Waals surface area contributed by atoms with Crippen LogP contribution in [0.2, 0.25) is 0 Å². The quantitative estimate of drug-likeness (QED) is 0.586. The van der Waals surface area contributed by atoms with E-state index in [1.165, 1.54) is 0 Å². The number of esters is 1. The molecule has 2 unspecified atom stereocenters. The van der Waals surface area contributed by atoms with Crippen molar-refractivity contribution in [3.8, 4) is 5.75 Å². The second kappa shape index (κ2) is 8.21. The molecular formula is C23H24O4. The van der Waals surface area contributed by atoms with Crippen LogP contribution in [0.15, 0.2) is 54.6 Å². The van der Waals surface area contributed by atoms with Gasteiger partial charge in [0.1, 0.15) is 11.7 Å². The SMILES string of the molecule is CCOC(=O)C1C(=O)C=C(c2ccccc2C)CC1c1cccc(OC)c1. The highest BCUT2D eigenvalue weighted by Crippen LogP contribution is 2.41. The Morgan fingerprint density at radius 3 is 2.63 bits per heavy atom. The average Bonchev–Trinajstić information content (AvgIpc) is 2.68. The van der Waals surface area contributed by atoms with Crippen LogP contribution >= 0.6 is 0 Å². The van der Waals surface area contributed by atoms with E-state index in [9.17, 15) is 9.59 Å². The van der Waals surface area contributed by atoms with Gasteiger partial charge >= 0.3 is 5.97 Å². The van der Waals surface area contributed by atoms with Crippen molar-refractivity contribution in [2.75, 3.05) is 13.7 Å². The summed E-state index contributed by atoms with van der Waals surface area (Å²) >= 11 is 0. The molecule has 0 N–H and O–H groups in total. The first kappa shape index (κ1) is 18.9. The van der Waals surface area contributed by atoms with E-state index in [1.807, 2.05) is 55.5 Å². The maximum absolute atomic E-state index is 12.9. The largest absolute Gasteiger partial charge is 0.497 e. The Hall–Kier alpha value is -2.88. The van der Waals surface area contributed by atoms with Crippen LogP contribution in [0, 0.1) is 12.8 Å². The van der Waals surface area contributed by atoms with Gasteiger partial charge in [0.15, 0.2) is 5.78 Å². The third-order valence-electron chi connectivity index (χ3n) is 5.02. The number of hydrogen-bond donors (Lipinski definition) is 0. The molecule has 140 valence electrons. The Morgan fingerprint density at radius 1 is 1.15 bits per heavy atom. The van der Waals surface area contributed by atoms with Crippen molar-refractivity contribution >= 4 is 17.3 Å². The Morgan fingerprint density at radius 2 is 1.93 bits per heavy atom. The summed E-state index contributed by atoms with van der Waals surface area (Å²) in [5, 5.41) is 0. The average molecular weight is 364 g/mol. The molecule has 0 saturated carbocycles. The van der Waals surface area contributed by atoms with Crippen molar-refractivity contribution in [3.05, 3.63) is 71.3 Å². The number of ketones is 1. The van der Waals surface area contributed by atoms with Gasteiger partial charge in [-0.05, 0) is 60.7 Å². The van der Waals surface area contributed by atoms with Crippen molar-refractivity contribution in [3.63, 3.8) is 0 Å². The van der Waals surface area contributed by atoms with Gasteiger partial charge < -0.3 is 9.47 Å². The molecule has 0 saturated heterocycles. The summed E-state index contributed by atoms with van der Waals surface area (Å²) in [6, 6.07) is 15.5. The Kier molecular flexibility index (Phi) is 5.75. The van der Waals surface area contributed by atoms with Gasteiger partial charge in [-0.25, -0.2) is 0 Å². The molecule has 2 atom stereocenters. The van der Waals surface area contributed by atoms with Crippen molar-refractivity contribution < 1.29 is 19.1 Å². The zero-order valence-corrected chi connectivity index (χ0v) is 15.9. The molecule has 0 aromatic heterocycles. The zero-order valence-electron chi connectivity index (χ0n) is 15.9. The number of aryl methyl sites for hydroxylation is 1. The Bertz CT molecular complexity index is 881. The summed E-state index contributed by atoms with van der Waals surface area (Å²) in [5.74, 6) is -1.08. The summed E-state index contributed by atoms with van der Waals surface area (Å²) in [5.41, 5.74) is 4.00. The normalized spacial score (nSPS) is 19.4. The number of carbonyl (C=O) groups excluding carboxylic acids is 2. The monoisotopic (exact) mass is 364 g/mol. The van der Waals surface area contributed by atoms with Crippen molar-refractivity contribution in [1.29, 1.82) is 0 Å². The third-order valence-corrected chi connectivity index (χ3v) is 5.02. The number of benzene rings is 2. The minimum absolute atomic E-state index is 0.203. The van der Waals surface area contributed by atoms with E-state index in [-0.39, 0.29) is 18.3 Å². The third kappa shape index (κ3) is 3.95. The first-order chi connectivity index (χ1) is 13.0. The van der Waals surface area contributed by atoms with Crippen LogP contribution < -0.4 is 4.74 Å². The smallest absolute Gasteiger partial charge is 0.317 e. The summed E-state index contributed by atoms with van der Waals surface area (Å²) in [4.78, 5) is 25.5. The topological polar surface area (TPSA) is 52.6 Å². The lowest BCUT2D eigenvalue weighted by atomic mass is 9.73. The first-order valence-corrected chi connectivity index (χ1v) is 9.16. The zero-order chi connectivity index (χ0) is 19.4. The molecule has 3 rings (SSSR count). The molecule has 1 aliphatic carbocycles. The Labute approximate surface area is 159 Å². The van der Waals surface area contributed by atoms with E-state index in [0.717, 1.165) is 22.3 Å². The maximum atomic E-state index is 12.9. The molecular weight excluding hydrogens is 340 g/mol.